The van der Waals surface area contributed by atoms with Crippen LogP contribution in [0, 0.1) is 5.92 Å². The van der Waals surface area contributed by atoms with Gasteiger partial charge in [-0.25, -0.2) is 28.1 Å². The van der Waals surface area contributed by atoms with Crippen molar-refractivity contribution < 1.29 is 13.2 Å². The van der Waals surface area contributed by atoms with Gasteiger partial charge in [0, 0.05) is 31.1 Å². The van der Waals surface area contributed by atoms with E-state index < -0.39 is 10.0 Å². The Kier molecular flexibility index (Phi) is 5.46. The summed E-state index contributed by atoms with van der Waals surface area (Å²) < 4.78 is 30.7. The lowest BCUT2D eigenvalue weighted by molar-refractivity contribution is 0.399. The van der Waals surface area contributed by atoms with Gasteiger partial charge in [-0.15, -0.1) is 0 Å². The third-order valence-corrected chi connectivity index (χ3v) is 5.97. The molecule has 1 aliphatic heterocycles. The van der Waals surface area contributed by atoms with Gasteiger partial charge >= 0.3 is 0 Å². The third-order valence-electron chi connectivity index (χ3n) is 5.28. The SMILES string of the molecule is COc1ccc2c(ncc3ncnc(N4CCCC(CNS(C)(=O)=O)CC4)c32)n1. The van der Waals surface area contributed by atoms with Gasteiger partial charge in [0.25, 0.3) is 0 Å². The van der Waals surface area contributed by atoms with Crippen molar-refractivity contribution in [2.75, 3.05) is 37.9 Å². The molecule has 1 atom stereocenters. The minimum atomic E-state index is -3.17. The molecular formula is C19H24N6O3S. The van der Waals surface area contributed by atoms with Crippen LogP contribution in [-0.2, 0) is 10.0 Å². The molecule has 1 saturated heterocycles. The van der Waals surface area contributed by atoms with Crippen molar-refractivity contribution in [2.45, 2.75) is 19.3 Å². The Balaban J connectivity index is 1.66. The number of nitrogens with zero attached hydrogens (tertiary/aromatic N) is 5. The molecule has 1 N–H and O–H groups in total. The maximum Gasteiger partial charge on any atom is 0.215 e. The number of methoxy groups -OCH3 is 1. The zero-order valence-electron chi connectivity index (χ0n) is 16.5. The van der Waals surface area contributed by atoms with E-state index in [2.05, 4.69) is 29.6 Å². The fourth-order valence-electron chi connectivity index (χ4n) is 3.80. The molecule has 0 saturated carbocycles. The molecule has 29 heavy (non-hydrogen) atoms. The van der Waals surface area contributed by atoms with Gasteiger partial charge in [0.05, 0.1) is 30.5 Å². The molecule has 0 aromatic carbocycles. The number of nitrogens with one attached hydrogen (secondary N) is 1. The number of aromatic nitrogens is 4. The molecule has 3 aromatic rings. The lowest BCUT2D eigenvalue weighted by Crippen LogP contribution is -2.29. The average molecular weight is 417 g/mol. The minimum Gasteiger partial charge on any atom is -0.481 e. The topological polar surface area (TPSA) is 110 Å². The van der Waals surface area contributed by atoms with E-state index in [9.17, 15) is 8.42 Å². The summed E-state index contributed by atoms with van der Waals surface area (Å²) in [6.45, 7) is 2.14. The van der Waals surface area contributed by atoms with Crippen LogP contribution in [0.5, 0.6) is 5.88 Å². The van der Waals surface area contributed by atoms with Gasteiger partial charge < -0.3 is 9.64 Å². The van der Waals surface area contributed by atoms with E-state index in [4.69, 9.17) is 4.74 Å². The molecule has 1 unspecified atom stereocenters. The van der Waals surface area contributed by atoms with Gasteiger partial charge in [-0.3, -0.25) is 0 Å². The molecule has 1 fully saturated rings. The largest absolute Gasteiger partial charge is 0.481 e. The first-order valence-corrected chi connectivity index (χ1v) is 11.5. The number of sulfonamides is 1. The predicted octanol–water partition coefficient (Wildman–Crippen LogP) is 1.74. The first kappa shape index (κ1) is 19.7. The zero-order valence-corrected chi connectivity index (χ0v) is 17.3. The van der Waals surface area contributed by atoms with E-state index in [1.807, 2.05) is 12.1 Å². The second-order valence-corrected chi connectivity index (χ2v) is 9.18. The lowest BCUT2D eigenvalue weighted by atomic mass is 10.0. The molecule has 0 bridgehead atoms. The van der Waals surface area contributed by atoms with Gasteiger partial charge in [-0.2, -0.15) is 4.98 Å². The first-order valence-electron chi connectivity index (χ1n) is 9.58. The average Bonchev–Trinajstić information content (AvgIpc) is 2.96. The normalized spacial score (nSPS) is 18.1. The van der Waals surface area contributed by atoms with Crippen LogP contribution in [0.25, 0.3) is 21.9 Å². The Morgan fingerprint density at radius 3 is 2.86 bits per heavy atom. The van der Waals surface area contributed by atoms with Gasteiger partial charge in [-0.05, 0) is 31.2 Å². The molecule has 9 nitrogen and oxygen atoms in total. The molecule has 4 rings (SSSR count). The fourth-order valence-corrected chi connectivity index (χ4v) is 4.34. The summed E-state index contributed by atoms with van der Waals surface area (Å²) in [7, 11) is -1.59. The van der Waals surface area contributed by atoms with Crippen LogP contribution in [0.1, 0.15) is 19.3 Å². The minimum absolute atomic E-state index is 0.312. The van der Waals surface area contributed by atoms with Crippen molar-refractivity contribution in [3.63, 3.8) is 0 Å². The number of ether oxygens (including phenoxy) is 1. The second kappa shape index (κ2) is 8.03. The highest BCUT2D eigenvalue weighted by Crippen LogP contribution is 2.31. The van der Waals surface area contributed by atoms with Gasteiger partial charge in [0.15, 0.2) is 5.65 Å². The molecule has 0 aliphatic carbocycles. The Labute approximate surface area is 169 Å². The second-order valence-electron chi connectivity index (χ2n) is 7.35. The van der Waals surface area contributed by atoms with E-state index in [1.165, 1.54) is 6.26 Å². The Bertz CT molecular complexity index is 1140. The number of rotatable bonds is 5. The fraction of sp³-hybridized carbons (Fsp3) is 0.474. The maximum atomic E-state index is 11.4. The van der Waals surface area contributed by atoms with Crippen molar-refractivity contribution in [3.05, 3.63) is 24.7 Å². The number of pyridine rings is 2. The maximum absolute atomic E-state index is 11.4. The Morgan fingerprint density at radius 1 is 1.21 bits per heavy atom. The first-order chi connectivity index (χ1) is 13.9. The van der Waals surface area contributed by atoms with Crippen molar-refractivity contribution in [1.29, 1.82) is 0 Å². The molecule has 0 radical (unpaired) electrons. The number of anilines is 1. The smallest absolute Gasteiger partial charge is 0.215 e. The summed E-state index contributed by atoms with van der Waals surface area (Å²) in [4.78, 5) is 20.1. The predicted molar refractivity (Wildman–Crippen MR) is 112 cm³/mol. The molecule has 0 amide bonds. The molecule has 10 heteroatoms. The van der Waals surface area contributed by atoms with Crippen LogP contribution in [0.15, 0.2) is 24.7 Å². The summed E-state index contributed by atoms with van der Waals surface area (Å²) in [6.07, 6.45) is 7.32. The summed E-state index contributed by atoms with van der Waals surface area (Å²) in [5.41, 5.74) is 1.37. The van der Waals surface area contributed by atoms with E-state index >= 15 is 0 Å². The molecule has 154 valence electrons. The summed E-state index contributed by atoms with van der Waals surface area (Å²) in [5.74, 6) is 1.69. The summed E-state index contributed by atoms with van der Waals surface area (Å²) in [6, 6.07) is 3.76. The highest BCUT2D eigenvalue weighted by molar-refractivity contribution is 7.88. The van der Waals surface area contributed by atoms with Crippen LogP contribution in [-0.4, -0.2) is 61.4 Å². The quantitative estimate of drug-likeness (QED) is 0.626. The van der Waals surface area contributed by atoms with Crippen molar-refractivity contribution in [1.82, 2.24) is 24.7 Å². The Morgan fingerprint density at radius 2 is 2.07 bits per heavy atom. The number of hydrogen-bond donors (Lipinski definition) is 1. The number of fused-ring (bicyclic) bond motifs is 3. The van der Waals surface area contributed by atoms with Gasteiger partial charge in [-0.1, -0.05) is 0 Å². The van der Waals surface area contributed by atoms with E-state index in [0.717, 1.165) is 54.5 Å². The molecule has 4 heterocycles. The van der Waals surface area contributed by atoms with E-state index in [-0.39, 0.29) is 0 Å². The van der Waals surface area contributed by atoms with Crippen molar-refractivity contribution in [2.24, 2.45) is 5.92 Å². The summed E-state index contributed by atoms with van der Waals surface area (Å²) in [5, 5.41) is 1.82. The van der Waals surface area contributed by atoms with Crippen LogP contribution >= 0.6 is 0 Å². The van der Waals surface area contributed by atoms with E-state index in [1.54, 1.807) is 19.6 Å². The van der Waals surface area contributed by atoms with Gasteiger partial charge in [0.2, 0.25) is 15.9 Å². The van der Waals surface area contributed by atoms with Crippen molar-refractivity contribution in [3.8, 4) is 5.88 Å². The highest BCUT2D eigenvalue weighted by Gasteiger charge is 2.21. The van der Waals surface area contributed by atoms with Gasteiger partial charge in [0.1, 0.15) is 12.1 Å². The molecule has 3 aromatic heterocycles. The van der Waals surface area contributed by atoms with Crippen LogP contribution in [0.3, 0.4) is 0 Å². The molecular weight excluding hydrogens is 392 g/mol. The standard InChI is InChI=1S/C19H24N6O3S/c1-28-16-6-5-14-17-15(11-20-18(14)24-16)21-12-22-19(17)25-8-3-4-13(7-9-25)10-23-29(2,26)27/h5-6,11-13,23H,3-4,7-10H2,1-2H3. The Hall–Kier alpha value is -2.59. The highest BCUT2D eigenvalue weighted by atomic mass is 32.2. The summed E-state index contributed by atoms with van der Waals surface area (Å²) >= 11 is 0. The van der Waals surface area contributed by atoms with E-state index in [0.29, 0.717) is 24.0 Å². The number of hydrogen-bond acceptors (Lipinski definition) is 8. The van der Waals surface area contributed by atoms with Crippen LogP contribution in [0.4, 0.5) is 5.82 Å². The van der Waals surface area contributed by atoms with Crippen LogP contribution < -0.4 is 14.4 Å². The lowest BCUT2D eigenvalue weighted by Gasteiger charge is -2.23. The molecule has 0 spiro atoms. The zero-order chi connectivity index (χ0) is 20.4. The monoisotopic (exact) mass is 416 g/mol. The van der Waals surface area contributed by atoms with Crippen molar-refractivity contribution >= 4 is 37.8 Å². The molecule has 1 aliphatic rings. The van der Waals surface area contributed by atoms with Crippen LogP contribution in [0.2, 0.25) is 0 Å². The third kappa shape index (κ3) is 4.38.